The van der Waals surface area contributed by atoms with Crippen LogP contribution in [-0.2, 0) is 15.0 Å². The van der Waals surface area contributed by atoms with Gasteiger partial charge in [0, 0.05) is 21.9 Å². The SMILES string of the molecule is Cc1ccc(OC2CCC3(CC2)C(=O)N(CC=O)c2cccc(Br)c23)cc1C=N. The maximum absolute atomic E-state index is 13.3. The smallest absolute Gasteiger partial charge is 0.238 e. The summed E-state index contributed by atoms with van der Waals surface area (Å²) < 4.78 is 7.11. The fraction of sp³-hybridized carbons (Fsp3) is 0.348. The minimum absolute atomic E-state index is 0.0198. The molecular formula is C23H23BrN2O3. The lowest BCUT2D eigenvalue weighted by Gasteiger charge is -2.36. The van der Waals surface area contributed by atoms with E-state index >= 15 is 0 Å². The van der Waals surface area contributed by atoms with E-state index in [0.29, 0.717) is 12.8 Å². The van der Waals surface area contributed by atoms with Gasteiger partial charge in [-0.15, -0.1) is 0 Å². The first-order valence-corrected chi connectivity index (χ1v) is 10.6. The molecule has 0 unspecified atom stereocenters. The summed E-state index contributed by atoms with van der Waals surface area (Å²) in [5.74, 6) is 0.781. The zero-order chi connectivity index (χ0) is 20.6. The van der Waals surface area contributed by atoms with Crippen molar-refractivity contribution in [2.45, 2.75) is 44.1 Å². The summed E-state index contributed by atoms with van der Waals surface area (Å²) in [6, 6.07) is 11.6. The summed E-state index contributed by atoms with van der Waals surface area (Å²) >= 11 is 3.64. The molecule has 1 N–H and O–H groups in total. The lowest BCUT2D eigenvalue weighted by Crippen LogP contribution is -2.45. The second kappa shape index (κ2) is 7.75. The molecule has 29 heavy (non-hydrogen) atoms. The number of fused-ring (bicyclic) bond motifs is 2. The van der Waals surface area contributed by atoms with Crippen molar-refractivity contribution in [1.29, 1.82) is 5.41 Å². The minimum Gasteiger partial charge on any atom is -0.490 e. The molecule has 1 saturated carbocycles. The van der Waals surface area contributed by atoms with E-state index in [0.717, 1.165) is 51.7 Å². The molecule has 2 aromatic carbocycles. The Morgan fingerprint density at radius 3 is 2.72 bits per heavy atom. The van der Waals surface area contributed by atoms with Gasteiger partial charge in [-0.3, -0.25) is 4.79 Å². The van der Waals surface area contributed by atoms with Crippen LogP contribution in [0.5, 0.6) is 5.75 Å². The molecule has 0 bridgehead atoms. The van der Waals surface area contributed by atoms with Crippen LogP contribution in [0.15, 0.2) is 40.9 Å². The average molecular weight is 455 g/mol. The Kier molecular flexibility index (Phi) is 5.30. The molecule has 2 aliphatic rings. The van der Waals surface area contributed by atoms with Gasteiger partial charge in [0.1, 0.15) is 12.0 Å². The van der Waals surface area contributed by atoms with Crippen LogP contribution < -0.4 is 9.64 Å². The van der Waals surface area contributed by atoms with Crippen molar-refractivity contribution < 1.29 is 14.3 Å². The number of amides is 1. The van der Waals surface area contributed by atoms with Gasteiger partial charge in [-0.25, -0.2) is 0 Å². The summed E-state index contributed by atoms with van der Waals surface area (Å²) in [6.45, 7) is 2.06. The number of hydrogen-bond acceptors (Lipinski definition) is 4. The number of ether oxygens (including phenoxy) is 1. The highest BCUT2D eigenvalue weighted by Crippen LogP contribution is 2.52. The Morgan fingerprint density at radius 1 is 1.28 bits per heavy atom. The normalized spacial score (nSPS) is 23.2. The molecule has 150 valence electrons. The Balaban J connectivity index is 1.56. The van der Waals surface area contributed by atoms with E-state index in [1.807, 2.05) is 43.3 Å². The first-order chi connectivity index (χ1) is 14.0. The van der Waals surface area contributed by atoms with E-state index in [2.05, 4.69) is 15.9 Å². The van der Waals surface area contributed by atoms with Gasteiger partial charge < -0.3 is 19.8 Å². The molecule has 0 saturated heterocycles. The third-order valence-corrected chi connectivity index (χ3v) is 6.83. The first-order valence-electron chi connectivity index (χ1n) is 9.82. The number of nitrogens with zero attached hydrogens (tertiary/aromatic N) is 1. The number of hydrogen-bond donors (Lipinski definition) is 1. The van der Waals surface area contributed by atoms with Gasteiger partial charge in [-0.05, 0) is 68.0 Å². The summed E-state index contributed by atoms with van der Waals surface area (Å²) in [5, 5.41) is 7.52. The van der Waals surface area contributed by atoms with Crippen LogP contribution in [0.2, 0.25) is 0 Å². The number of rotatable bonds is 5. The maximum Gasteiger partial charge on any atom is 0.238 e. The zero-order valence-electron chi connectivity index (χ0n) is 16.3. The largest absolute Gasteiger partial charge is 0.490 e. The molecule has 2 aromatic rings. The van der Waals surface area contributed by atoms with Crippen molar-refractivity contribution in [3.8, 4) is 5.75 Å². The zero-order valence-corrected chi connectivity index (χ0v) is 17.9. The molecule has 4 rings (SSSR count). The van der Waals surface area contributed by atoms with Gasteiger partial charge >= 0.3 is 0 Å². The molecule has 1 aliphatic heterocycles. The Labute approximate surface area is 178 Å². The third-order valence-electron chi connectivity index (χ3n) is 6.17. The van der Waals surface area contributed by atoms with E-state index in [1.165, 1.54) is 6.21 Å². The predicted octanol–water partition coefficient (Wildman–Crippen LogP) is 4.56. The number of halogens is 1. The Bertz CT molecular complexity index is 980. The summed E-state index contributed by atoms with van der Waals surface area (Å²) in [6.07, 6.45) is 5.04. The highest BCUT2D eigenvalue weighted by atomic mass is 79.9. The number of benzene rings is 2. The molecule has 5 nitrogen and oxygen atoms in total. The molecule has 0 aromatic heterocycles. The first kappa shape index (κ1) is 19.8. The van der Waals surface area contributed by atoms with Crippen molar-refractivity contribution >= 4 is 40.0 Å². The van der Waals surface area contributed by atoms with Gasteiger partial charge in [0.05, 0.1) is 18.1 Å². The standard InChI is InChI=1S/C23H23BrN2O3/c1-15-5-6-18(13-16(15)14-25)29-17-7-9-23(10-8-17)21-19(24)3-2-4-20(21)26(11-12-27)22(23)28/h2-6,12-14,17,25H,7-11H2,1H3. The van der Waals surface area contributed by atoms with Crippen LogP contribution in [0.1, 0.15) is 42.4 Å². The van der Waals surface area contributed by atoms with E-state index in [1.54, 1.807) is 4.90 Å². The molecule has 0 atom stereocenters. The molecule has 1 heterocycles. The number of anilines is 1. The third kappa shape index (κ3) is 3.29. The average Bonchev–Trinajstić information content (AvgIpc) is 2.95. The van der Waals surface area contributed by atoms with E-state index in [9.17, 15) is 9.59 Å². The number of carbonyl (C=O) groups excluding carboxylic acids is 2. The number of aryl methyl sites for hydroxylation is 1. The highest BCUT2D eigenvalue weighted by Gasteiger charge is 2.53. The van der Waals surface area contributed by atoms with Crippen LogP contribution in [0.25, 0.3) is 0 Å². The fourth-order valence-corrected chi connectivity index (χ4v) is 5.38. The van der Waals surface area contributed by atoms with E-state index in [-0.39, 0.29) is 18.6 Å². The molecule has 1 amide bonds. The molecule has 1 fully saturated rings. The highest BCUT2D eigenvalue weighted by molar-refractivity contribution is 9.10. The van der Waals surface area contributed by atoms with Crippen molar-refractivity contribution in [2.75, 3.05) is 11.4 Å². The van der Waals surface area contributed by atoms with Crippen molar-refractivity contribution in [1.82, 2.24) is 0 Å². The van der Waals surface area contributed by atoms with Gasteiger partial charge in [-0.2, -0.15) is 0 Å². The monoisotopic (exact) mass is 454 g/mol. The summed E-state index contributed by atoms with van der Waals surface area (Å²) in [5.41, 5.74) is 3.15. The quantitative estimate of drug-likeness (QED) is 0.531. The fourth-order valence-electron chi connectivity index (χ4n) is 4.65. The van der Waals surface area contributed by atoms with Crippen LogP contribution in [-0.4, -0.2) is 31.1 Å². The lowest BCUT2D eigenvalue weighted by molar-refractivity contribution is -0.125. The molecular weight excluding hydrogens is 432 g/mol. The lowest BCUT2D eigenvalue weighted by atomic mass is 9.69. The second-order valence-electron chi connectivity index (χ2n) is 7.78. The molecule has 6 heteroatoms. The van der Waals surface area contributed by atoms with Gasteiger partial charge in [0.25, 0.3) is 0 Å². The van der Waals surface area contributed by atoms with Crippen molar-refractivity contribution in [3.05, 3.63) is 57.6 Å². The maximum atomic E-state index is 13.3. The van der Waals surface area contributed by atoms with Crippen LogP contribution >= 0.6 is 15.9 Å². The van der Waals surface area contributed by atoms with E-state index < -0.39 is 5.41 Å². The van der Waals surface area contributed by atoms with Crippen molar-refractivity contribution in [2.24, 2.45) is 0 Å². The van der Waals surface area contributed by atoms with Gasteiger partial charge in [0.2, 0.25) is 5.91 Å². The molecule has 1 spiro atoms. The van der Waals surface area contributed by atoms with Gasteiger partial charge in [-0.1, -0.05) is 28.1 Å². The van der Waals surface area contributed by atoms with Crippen LogP contribution in [0, 0.1) is 12.3 Å². The van der Waals surface area contributed by atoms with Crippen molar-refractivity contribution in [3.63, 3.8) is 0 Å². The predicted molar refractivity (Wildman–Crippen MR) is 116 cm³/mol. The number of nitrogens with one attached hydrogen (secondary N) is 1. The summed E-state index contributed by atoms with van der Waals surface area (Å²) in [7, 11) is 0. The van der Waals surface area contributed by atoms with E-state index in [4.69, 9.17) is 10.1 Å². The topological polar surface area (TPSA) is 70.5 Å². The Morgan fingerprint density at radius 2 is 2.03 bits per heavy atom. The number of aldehydes is 1. The number of carbonyl (C=O) groups is 2. The van der Waals surface area contributed by atoms with Crippen LogP contribution in [0.3, 0.4) is 0 Å². The van der Waals surface area contributed by atoms with Crippen LogP contribution in [0.4, 0.5) is 5.69 Å². The van der Waals surface area contributed by atoms with Gasteiger partial charge in [0.15, 0.2) is 0 Å². The summed E-state index contributed by atoms with van der Waals surface area (Å²) in [4.78, 5) is 26.1. The molecule has 1 aliphatic carbocycles. The molecule has 0 radical (unpaired) electrons. The minimum atomic E-state index is -0.592. The Hall–Kier alpha value is -2.47. The second-order valence-corrected chi connectivity index (χ2v) is 8.63.